The number of carbonyl (C=O) groups excluding carboxylic acids is 1. The fourth-order valence-corrected chi connectivity index (χ4v) is 6.96. The molecule has 0 saturated carbocycles. The van der Waals surface area contributed by atoms with Gasteiger partial charge in [0.05, 0.1) is 59.5 Å². The first-order valence-electron chi connectivity index (χ1n) is 20.4. The third-order valence-electron chi connectivity index (χ3n) is 10.0. The van der Waals surface area contributed by atoms with Crippen LogP contribution >= 0.6 is 0 Å². The molecule has 12 heteroatoms. The van der Waals surface area contributed by atoms with E-state index in [1.54, 1.807) is 0 Å². The molecule has 1 saturated heterocycles. The van der Waals surface area contributed by atoms with Crippen molar-refractivity contribution in [2.75, 3.05) is 90.7 Å². The third kappa shape index (κ3) is 13.8. The first kappa shape index (κ1) is 44.5. The van der Waals surface area contributed by atoms with E-state index in [1.807, 2.05) is 87.5 Å². The number of benzene rings is 3. The van der Waals surface area contributed by atoms with Crippen LogP contribution in [0.1, 0.15) is 58.1 Å². The molecular formula is C46H61N3O9. The van der Waals surface area contributed by atoms with Gasteiger partial charge in [-0.05, 0) is 98.7 Å². The maximum absolute atomic E-state index is 14.2. The Hall–Kier alpha value is -4.56. The van der Waals surface area contributed by atoms with E-state index in [9.17, 15) is 4.79 Å². The summed E-state index contributed by atoms with van der Waals surface area (Å²) in [6, 6.07) is 24.5. The maximum atomic E-state index is 14.2. The van der Waals surface area contributed by atoms with Gasteiger partial charge in [0.15, 0.2) is 0 Å². The second kappa shape index (κ2) is 24.4. The summed E-state index contributed by atoms with van der Waals surface area (Å²) in [4.78, 5) is 21.4. The zero-order valence-corrected chi connectivity index (χ0v) is 34.6. The molecule has 0 radical (unpaired) electrons. The molecule has 1 fully saturated rings. The second-order valence-corrected chi connectivity index (χ2v) is 14.2. The van der Waals surface area contributed by atoms with Crippen LogP contribution in [0.25, 0.3) is 11.1 Å². The Morgan fingerprint density at radius 3 is 2.07 bits per heavy atom. The summed E-state index contributed by atoms with van der Waals surface area (Å²) in [6.07, 6.45) is 1.87. The topological polar surface area (TPSA) is 130 Å². The standard InChI is InChI=1S/C46H61N3O9/c1-5-49(40-15-18-52-19-16-40)44-31-39(38-11-13-41(14-12-38)57-28-27-56-26-25-55-24-23-54-22-21-53-20-17-50)30-42(36(44)4)45(51)47-32-43-34(2)29-35(3)48-46(43)58-33-37-9-7-6-8-10-37/h6-14,29-31,40,50H,5,15-28,32-33H2,1-4H3,(H,47,51). The summed E-state index contributed by atoms with van der Waals surface area (Å²) in [5.41, 5.74) is 8.32. The Morgan fingerprint density at radius 1 is 0.793 bits per heavy atom. The number of aliphatic hydroxyl groups excluding tert-OH is 1. The second-order valence-electron chi connectivity index (χ2n) is 14.2. The first-order chi connectivity index (χ1) is 28.4. The molecule has 1 aliphatic heterocycles. The number of aryl methyl sites for hydroxylation is 2. The highest BCUT2D eigenvalue weighted by molar-refractivity contribution is 5.99. The zero-order valence-electron chi connectivity index (χ0n) is 34.6. The van der Waals surface area contributed by atoms with Crippen molar-refractivity contribution in [2.45, 2.75) is 59.7 Å². The number of nitrogens with zero attached hydrogens (tertiary/aromatic N) is 2. The van der Waals surface area contributed by atoms with Crippen molar-refractivity contribution in [1.82, 2.24) is 10.3 Å². The molecule has 0 unspecified atom stereocenters. The largest absolute Gasteiger partial charge is 0.491 e. The Morgan fingerprint density at radius 2 is 1.43 bits per heavy atom. The van der Waals surface area contributed by atoms with Gasteiger partial charge in [-0.2, -0.15) is 0 Å². The molecule has 0 spiro atoms. The molecule has 0 atom stereocenters. The van der Waals surface area contributed by atoms with Gasteiger partial charge in [-0.1, -0.05) is 42.5 Å². The van der Waals surface area contributed by atoms with E-state index in [0.717, 1.165) is 83.1 Å². The minimum atomic E-state index is -0.156. The number of anilines is 1. The first-order valence-corrected chi connectivity index (χ1v) is 20.4. The van der Waals surface area contributed by atoms with E-state index in [1.165, 1.54) is 0 Å². The van der Waals surface area contributed by atoms with Crippen LogP contribution in [0.2, 0.25) is 0 Å². The third-order valence-corrected chi connectivity index (χ3v) is 10.0. The quantitative estimate of drug-likeness (QED) is 0.0702. The fraction of sp³-hybridized carbons (Fsp3) is 0.478. The number of ether oxygens (including phenoxy) is 7. The van der Waals surface area contributed by atoms with Crippen molar-refractivity contribution >= 4 is 11.6 Å². The lowest BCUT2D eigenvalue weighted by molar-refractivity contribution is -0.00779. The van der Waals surface area contributed by atoms with E-state index in [-0.39, 0.29) is 19.1 Å². The van der Waals surface area contributed by atoms with Crippen LogP contribution in [0.15, 0.2) is 72.8 Å². The number of pyridine rings is 1. The van der Waals surface area contributed by atoms with Gasteiger partial charge in [-0.3, -0.25) is 4.79 Å². The van der Waals surface area contributed by atoms with Crippen molar-refractivity contribution in [3.05, 3.63) is 106 Å². The number of carbonyl (C=O) groups is 1. The monoisotopic (exact) mass is 799 g/mol. The van der Waals surface area contributed by atoms with Crippen LogP contribution in [-0.4, -0.2) is 108 Å². The van der Waals surface area contributed by atoms with Gasteiger partial charge in [0, 0.05) is 54.9 Å². The highest BCUT2D eigenvalue weighted by atomic mass is 16.6. The number of aromatic nitrogens is 1. The molecule has 2 N–H and O–H groups in total. The number of aliphatic hydroxyl groups is 1. The van der Waals surface area contributed by atoms with Gasteiger partial charge in [-0.15, -0.1) is 0 Å². The van der Waals surface area contributed by atoms with Crippen LogP contribution in [0, 0.1) is 20.8 Å². The van der Waals surface area contributed by atoms with Crippen molar-refractivity contribution in [2.24, 2.45) is 0 Å². The van der Waals surface area contributed by atoms with Crippen molar-refractivity contribution in [1.29, 1.82) is 0 Å². The Balaban J connectivity index is 1.22. The van der Waals surface area contributed by atoms with Crippen LogP contribution in [0.3, 0.4) is 0 Å². The number of hydrogen-bond donors (Lipinski definition) is 2. The lowest BCUT2D eigenvalue weighted by Crippen LogP contribution is -2.40. The Kier molecular flexibility index (Phi) is 18.7. The molecule has 0 aliphatic carbocycles. The predicted octanol–water partition coefficient (Wildman–Crippen LogP) is 6.63. The molecular weight excluding hydrogens is 739 g/mol. The molecule has 3 aromatic carbocycles. The van der Waals surface area contributed by atoms with Gasteiger partial charge in [0.25, 0.3) is 5.91 Å². The zero-order chi connectivity index (χ0) is 41.0. The minimum Gasteiger partial charge on any atom is -0.491 e. The SMILES string of the molecule is CCN(c1cc(-c2ccc(OCCOCCOCCOCCOCCO)cc2)cc(C(=O)NCc2c(C)cc(C)nc2OCc2ccccc2)c1C)C1CCOCC1. The van der Waals surface area contributed by atoms with E-state index in [0.29, 0.717) is 83.6 Å². The van der Waals surface area contributed by atoms with Crippen LogP contribution in [0.5, 0.6) is 11.6 Å². The van der Waals surface area contributed by atoms with Gasteiger partial charge in [-0.25, -0.2) is 4.98 Å². The molecule has 4 aromatic rings. The lowest BCUT2D eigenvalue weighted by atomic mass is 9.95. The van der Waals surface area contributed by atoms with Gasteiger partial charge >= 0.3 is 0 Å². The lowest BCUT2D eigenvalue weighted by Gasteiger charge is -2.37. The molecule has 58 heavy (non-hydrogen) atoms. The average Bonchev–Trinajstić information content (AvgIpc) is 3.24. The van der Waals surface area contributed by atoms with E-state index in [2.05, 4.69) is 23.2 Å². The highest BCUT2D eigenvalue weighted by Gasteiger charge is 2.25. The van der Waals surface area contributed by atoms with Gasteiger partial charge in [0.2, 0.25) is 5.88 Å². The Labute approximate surface area is 343 Å². The smallest absolute Gasteiger partial charge is 0.251 e. The molecule has 1 aromatic heterocycles. The molecule has 5 rings (SSSR count). The molecule has 1 aliphatic rings. The summed E-state index contributed by atoms with van der Waals surface area (Å²) in [7, 11) is 0. The number of nitrogens with one attached hydrogen (secondary N) is 1. The van der Waals surface area contributed by atoms with E-state index >= 15 is 0 Å². The summed E-state index contributed by atoms with van der Waals surface area (Å²) < 4.78 is 39.7. The highest BCUT2D eigenvalue weighted by Crippen LogP contribution is 2.35. The molecule has 2 heterocycles. The number of hydrogen-bond acceptors (Lipinski definition) is 11. The van der Waals surface area contributed by atoms with Crippen molar-refractivity contribution in [3.8, 4) is 22.8 Å². The molecule has 1 amide bonds. The molecule has 12 nitrogen and oxygen atoms in total. The predicted molar refractivity (Wildman–Crippen MR) is 225 cm³/mol. The maximum Gasteiger partial charge on any atom is 0.251 e. The van der Waals surface area contributed by atoms with Gasteiger partial charge in [0.1, 0.15) is 19.0 Å². The van der Waals surface area contributed by atoms with Crippen LogP contribution < -0.4 is 19.7 Å². The average molecular weight is 800 g/mol. The summed E-state index contributed by atoms with van der Waals surface area (Å²) in [5, 5.41) is 11.9. The molecule has 0 bridgehead atoms. The number of amides is 1. The summed E-state index contributed by atoms with van der Waals surface area (Å²) >= 11 is 0. The molecule has 314 valence electrons. The number of rotatable bonds is 25. The summed E-state index contributed by atoms with van der Waals surface area (Å²) in [6.45, 7) is 15.1. The Bertz CT molecular complexity index is 1820. The minimum absolute atomic E-state index is 0.0119. The van der Waals surface area contributed by atoms with Crippen LogP contribution in [0.4, 0.5) is 5.69 Å². The van der Waals surface area contributed by atoms with E-state index < -0.39 is 0 Å². The van der Waals surface area contributed by atoms with Crippen LogP contribution in [-0.2, 0) is 36.8 Å². The fourth-order valence-electron chi connectivity index (χ4n) is 6.96. The summed E-state index contributed by atoms with van der Waals surface area (Å²) in [5.74, 6) is 1.11. The van der Waals surface area contributed by atoms with Crippen molar-refractivity contribution in [3.63, 3.8) is 0 Å². The van der Waals surface area contributed by atoms with Crippen molar-refractivity contribution < 1.29 is 43.1 Å². The normalized spacial score (nSPS) is 13.1. The van der Waals surface area contributed by atoms with E-state index in [4.69, 9.17) is 43.2 Å². The van der Waals surface area contributed by atoms with Gasteiger partial charge < -0.3 is 48.5 Å².